The van der Waals surface area contributed by atoms with Gasteiger partial charge in [0.25, 0.3) is 0 Å². The highest BCUT2D eigenvalue weighted by atomic mass is 14.0. The van der Waals surface area contributed by atoms with Crippen LogP contribution in [0.2, 0.25) is 0 Å². The smallest absolute Gasteiger partial charge is 0.0256 e. The lowest BCUT2D eigenvalue weighted by Gasteiger charge is -2.02. The fourth-order valence-corrected chi connectivity index (χ4v) is 1.44. The van der Waals surface area contributed by atoms with Crippen molar-refractivity contribution in [2.45, 2.75) is 53.4 Å². The summed E-state index contributed by atoms with van der Waals surface area (Å²) < 4.78 is 0. The van der Waals surface area contributed by atoms with Crippen LogP contribution in [0, 0.1) is 5.92 Å². The first-order valence-electron chi connectivity index (χ1n) is 6.24. The molecule has 0 aliphatic heterocycles. The van der Waals surface area contributed by atoms with Crippen molar-refractivity contribution in [3.8, 4) is 0 Å². The topological polar surface area (TPSA) is 0 Å². The van der Waals surface area contributed by atoms with Crippen LogP contribution in [0.15, 0.2) is 30.3 Å². The Morgan fingerprint density at radius 2 is 1.47 bits per heavy atom. The van der Waals surface area contributed by atoms with Crippen LogP contribution in [0.3, 0.4) is 0 Å². The van der Waals surface area contributed by atoms with Gasteiger partial charge in [-0.2, -0.15) is 0 Å². The fourth-order valence-electron chi connectivity index (χ4n) is 1.44. The predicted octanol–water partition coefficient (Wildman–Crippen LogP) is 5.08. The maximum absolute atomic E-state index is 2.24. The molecule has 0 radical (unpaired) electrons. The molecule has 15 heavy (non-hydrogen) atoms. The molecular weight excluding hydrogens is 180 g/mol. The third-order valence-corrected chi connectivity index (χ3v) is 2.19. The number of unbranched alkanes of at least 4 members (excludes halogenated alkanes) is 2. The van der Waals surface area contributed by atoms with Crippen LogP contribution in [0.1, 0.15) is 52.5 Å². The van der Waals surface area contributed by atoms with Crippen molar-refractivity contribution < 1.29 is 0 Å². The molecule has 86 valence electrons. The molecular formula is C15H26. The van der Waals surface area contributed by atoms with E-state index in [1.807, 2.05) is 0 Å². The largest absolute Gasteiger partial charge is 0.0654 e. The van der Waals surface area contributed by atoms with Gasteiger partial charge in [0, 0.05) is 0 Å². The summed E-state index contributed by atoms with van der Waals surface area (Å²) in [5, 5.41) is 0. The van der Waals surface area contributed by atoms with Gasteiger partial charge in [-0.05, 0) is 17.9 Å². The summed E-state index contributed by atoms with van der Waals surface area (Å²) in [6.45, 7) is 8.91. The van der Waals surface area contributed by atoms with E-state index in [9.17, 15) is 0 Å². The first-order valence-corrected chi connectivity index (χ1v) is 6.24. The van der Waals surface area contributed by atoms with Gasteiger partial charge in [-0.1, -0.05) is 77.3 Å². The normalized spacial score (nSPS) is 9.67. The highest BCUT2D eigenvalue weighted by molar-refractivity contribution is 5.14. The molecule has 0 aromatic heterocycles. The minimum absolute atomic E-state index is 0.766. The lowest BCUT2D eigenvalue weighted by molar-refractivity contribution is 0.647. The van der Waals surface area contributed by atoms with E-state index in [0.29, 0.717) is 0 Å². The lowest BCUT2D eigenvalue weighted by atomic mass is 10.0. The maximum Gasteiger partial charge on any atom is -0.0256 e. The summed E-state index contributed by atoms with van der Waals surface area (Å²) in [4.78, 5) is 0. The molecule has 0 bridgehead atoms. The summed E-state index contributed by atoms with van der Waals surface area (Å²) in [5.41, 5.74) is 1.44. The molecule has 0 saturated heterocycles. The SMILES string of the molecule is CC(C)Cc1ccccc1.CCCCC. The van der Waals surface area contributed by atoms with Crippen LogP contribution in [-0.2, 0) is 6.42 Å². The van der Waals surface area contributed by atoms with Gasteiger partial charge in [-0.25, -0.2) is 0 Å². The van der Waals surface area contributed by atoms with Crippen molar-refractivity contribution in [1.82, 2.24) is 0 Å². The van der Waals surface area contributed by atoms with E-state index in [4.69, 9.17) is 0 Å². The van der Waals surface area contributed by atoms with E-state index in [0.717, 1.165) is 5.92 Å². The Labute approximate surface area is 95.7 Å². The number of rotatable bonds is 4. The molecule has 0 N–H and O–H groups in total. The quantitative estimate of drug-likeness (QED) is 0.644. The third-order valence-electron chi connectivity index (χ3n) is 2.19. The first-order chi connectivity index (χ1) is 7.20. The van der Waals surface area contributed by atoms with Crippen LogP contribution in [0.4, 0.5) is 0 Å². The maximum atomic E-state index is 2.24. The van der Waals surface area contributed by atoms with E-state index >= 15 is 0 Å². The van der Waals surface area contributed by atoms with Crippen LogP contribution in [-0.4, -0.2) is 0 Å². The summed E-state index contributed by atoms with van der Waals surface area (Å²) in [6.07, 6.45) is 5.27. The van der Waals surface area contributed by atoms with Crippen LogP contribution in [0.25, 0.3) is 0 Å². The molecule has 0 heteroatoms. The van der Waals surface area contributed by atoms with Crippen molar-refractivity contribution in [3.05, 3.63) is 35.9 Å². The summed E-state index contributed by atoms with van der Waals surface area (Å²) in [5.74, 6) is 0.766. The monoisotopic (exact) mass is 206 g/mol. The summed E-state index contributed by atoms with van der Waals surface area (Å²) >= 11 is 0. The second kappa shape index (κ2) is 9.76. The number of hydrogen-bond acceptors (Lipinski definition) is 0. The predicted molar refractivity (Wildman–Crippen MR) is 70.2 cm³/mol. The molecule has 0 aliphatic carbocycles. The molecule has 1 rings (SSSR count). The molecule has 0 fully saturated rings. The van der Waals surface area contributed by atoms with E-state index in [-0.39, 0.29) is 0 Å². The lowest BCUT2D eigenvalue weighted by Crippen LogP contribution is -1.92. The molecule has 0 heterocycles. The molecule has 0 saturated carbocycles. The minimum Gasteiger partial charge on any atom is -0.0654 e. The molecule has 1 aromatic carbocycles. The molecule has 0 unspecified atom stereocenters. The standard InChI is InChI=1S/C10H14.C5H12/c1-9(2)8-10-6-4-3-5-7-10;1-3-5-4-2/h3-7,9H,8H2,1-2H3;3-5H2,1-2H3. The van der Waals surface area contributed by atoms with E-state index < -0.39 is 0 Å². The zero-order valence-electron chi connectivity index (χ0n) is 10.8. The molecule has 0 spiro atoms. The van der Waals surface area contributed by atoms with Gasteiger partial charge in [-0.3, -0.25) is 0 Å². The van der Waals surface area contributed by atoms with Crippen LogP contribution >= 0.6 is 0 Å². The van der Waals surface area contributed by atoms with Gasteiger partial charge < -0.3 is 0 Å². The number of hydrogen-bond donors (Lipinski definition) is 0. The molecule has 0 aliphatic rings. The van der Waals surface area contributed by atoms with Crippen LogP contribution in [0.5, 0.6) is 0 Å². The molecule has 0 atom stereocenters. The Hall–Kier alpha value is -0.780. The van der Waals surface area contributed by atoms with Gasteiger partial charge in [0.2, 0.25) is 0 Å². The van der Waals surface area contributed by atoms with Gasteiger partial charge in [0.15, 0.2) is 0 Å². The highest BCUT2D eigenvalue weighted by Crippen LogP contribution is 2.05. The average molecular weight is 206 g/mol. The Morgan fingerprint density at radius 3 is 1.80 bits per heavy atom. The third kappa shape index (κ3) is 9.52. The Bertz CT molecular complexity index is 209. The van der Waals surface area contributed by atoms with E-state index in [1.165, 1.54) is 31.2 Å². The average Bonchev–Trinajstić information content (AvgIpc) is 2.20. The zero-order chi connectivity index (χ0) is 11.5. The molecule has 1 aromatic rings. The van der Waals surface area contributed by atoms with Crippen molar-refractivity contribution in [2.24, 2.45) is 5.92 Å². The van der Waals surface area contributed by atoms with Crippen LogP contribution < -0.4 is 0 Å². The Kier molecular flexibility index (Phi) is 9.26. The van der Waals surface area contributed by atoms with E-state index in [2.05, 4.69) is 58.0 Å². The minimum atomic E-state index is 0.766. The fraction of sp³-hybridized carbons (Fsp3) is 0.600. The zero-order valence-corrected chi connectivity index (χ0v) is 10.8. The van der Waals surface area contributed by atoms with Gasteiger partial charge in [-0.15, -0.1) is 0 Å². The Morgan fingerprint density at radius 1 is 0.933 bits per heavy atom. The summed E-state index contributed by atoms with van der Waals surface area (Å²) in [6, 6.07) is 10.6. The van der Waals surface area contributed by atoms with E-state index in [1.54, 1.807) is 0 Å². The highest BCUT2D eigenvalue weighted by Gasteiger charge is 1.94. The summed E-state index contributed by atoms with van der Waals surface area (Å²) in [7, 11) is 0. The second-order valence-electron chi connectivity index (χ2n) is 4.44. The van der Waals surface area contributed by atoms with Crippen molar-refractivity contribution in [2.75, 3.05) is 0 Å². The van der Waals surface area contributed by atoms with Crippen molar-refractivity contribution >= 4 is 0 Å². The first kappa shape index (κ1) is 14.2. The number of benzene rings is 1. The van der Waals surface area contributed by atoms with Gasteiger partial charge >= 0.3 is 0 Å². The second-order valence-corrected chi connectivity index (χ2v) is 4.44. The van der Waals surface area contributed by atoms with Gasteiger partial charge in [0.05, 0.1) is 0 Å². The molecule has 0 amide bonds. The molecule has 0 nitrogen and oxygen atoms in total. The van der Waals surface area contributed by atoms with Gasteiger partial charge in [0.1, 0.15) is 0 Å². The Balaban J connectivity index is 0.000000336. The van der Waals surface area contributed by atoms with Crippen molar-refractivity contribution in [3.63, 3.8) is 0 Å². The van der Waals surface area contributed by atoms with Crippen molar-refractivity contribution in [1.29, 1.82) is 0 Å².